The van der Waals surface area contributed by atoms with Crippen molar-refractivity contribution < 1.29 is 18.3 Å². The van der Waals surface area contributed by atoms with Crippen molar-refractivity contribution in [1.29, 1.82) is 0 Å². The highest BCUT2D eigenvalue weighted by molar-refractivity contribution is 6.30. The zero-order valence-electron chi connectivity index (χ0n) is 9.04. The summed E-state index contributed by atoms with van der Waals surface area (Å²) >= 11 is 5.56. The Balaban J connectivity index is 2.95. The first-order valence-corrected chi connectivity index (χ1v) is 5.22. The summed E-state index contributed by atoms with van der Waals surface area (Å²) in [5.41, 5.74) is 5.20. The van der Waals surface area contributed by atoms with Crippen LogP contribution in [0.2, 0.25) is 5.15 Å². The van der Waals surface area contributed by atoms with Gasteiger partial charge in [-0.15, -0.1) is 0 Å². The molecule has 0 unspecified atom stereocenters. The highest BCUT2D eigenvalue weighted by Crippen LogP contribution is 2.28. The third kappa shape index (κ3) is 3.52. The fourth-order valence-electron chi connectivity index (χ4n) is 1.20. The third-order valence-electron chi connectivity index (χ3n) is 1.97. The highest BCUT2D eigenvalue weighted by Gasteiger charge is 2.17. The number of esters is 1. The molecule has 7 heteroatoms. The summed E-state index contributed by atoms with van der Waals surface area (Å²) in [7, 11) is 0. The fourth-order valence-corrected chi connectivity index (χ4v) is 1.44. The van der Waals surface area contributed by atoms with Crippen molar-refractivity contribution in [3.8, 4) is 0 Å². The van der Waals surface area contributed by atoms with Gasteiger partial charge in [0.2, 0.25) is 0 Å². The monoisotopic (exact) mass is 264 g/mol. The van der Waals surface area contributed by atoms with E-state index in [1.165, 1.54) is 0 Å². The van der Waals surface area contributed by atoms with E-state index in [1.807, 2.05) is 0 Å². The van der Waals surface area contributed by atoms with Gasteiger partial charge in [-0.05, 0) is 13.0 Å². The molecular weight excluding hydrogens is 254 g/mol. The number of nitrogens with zero attached hydrogens (tertiary/aromatic N) is 1. The molecule has 0 saturated heterocycles. The number of hydrogen-bond donors (Lipinski definition) is 1. The van der Waals surface area contributed by atoms with E-state index in [-0.39, 0.29) is 29.6 Å². The molecule has 17 heavy (non-hydrogen) atoms. The van der Waals surface area contributed by atoms with Crippen molar-refractivity contribution in [3.05, 3.63) is 22.5 Å². The molecule has 1 aromatic rings. The number of anilines is 1. The lowest BCUT2D eigenvalue weighted by Gasteiger charge is -2.08. The first-order chi connectivity index (χ1) is 7.95. The number of aromatic nitrogens is 1. The standard InChI is InChI=1S/C10H11ClF2N2O2/c1-2-17-8(16)4-7-6(14)3-5(10(12)13)9(11)15-7/h3,10H,2,4,14H2,1H3. The molecular formula is C10H11ClF2N2O2. The van der Waals surface area contributed by atoms with Crippen LogP contribution in [0.25, 0.3) is 0 Å². The molecule has 0 fully saturated rings. The second-order valence-corrected chi connectivity index (χ2v) is 3.54. The molecule has 4 nitrogen and oxygen atoms in total. The Labute approximate surface area is 102 Å². The van der Waals surface area contributed by atoms with Crippen LogP contribution >= 0.6 is 11.6 Å². The molecule has 0 amide bonds. The topological polar surface area (TPSA) is 65.2 Å². The summed E-state index contributed by atoms with van der Waals surface area (Å²) in [6, 6.07) is 1.02. The van der Waals surface area contributed by atoms with Gasteiger partial charge >= 0.3 is 5.97 Å². The molecule has 2 N–H and O–H groups in total. The Hall–Kier alpha value is -1.43. The van der Waals surface area contributed by atoms with Crippen molar-refractivity contribution in [2.75, 3.05) is 12.3 Å². The Morgan fingerprint density at radius 3 is 2.82 bits per heavy atom. The Bertz CT molecular complexity index is 427. The van der Waals surface area contributed by atoms with Crippen LogP contribution in [0.3, 0.4) is 0 Å². The quantitative estimate of drug-likeness (QED) is 0.670. The van der Waals surface area contributed by atoms with Crippen LogP contribution in [-0.2, 0) is 16.0 Å². The normalized spacial score (nSPS) is 10.6. The predicted molar refractivity (Wildman–Crippen MR) is 59.0 cm³/mol. The maximum absolute atomic E-state index is 12.5. The van der Waals surface area contributed by atoms with Gasteiger partial charge in [0, 0.05) is 0 Å². The molecule has 1 aromatic heterocycles. The lowest BCUT2D eigenvalue weighted by molar-refractivity contribution is -0.142. The third-order valence-corrected chi connectivity index (χ3v) is 2.27. The summed E-state index contributed by atoms with van der Waals surface area (Å²) in [4.78, 5) is 14.9. The number of alkyl halides is 2. The van der Waals surface area contributed by atoms with Crippen molar-refractivity contribution >= 4 is 23.3 Å². The number of nitrogens with two attached hydrogens (primary N) is 1. The molecule has 0 aliphatic heterocycles. The SMILES string of the molecule is CCOC(=O)Cc1nc(Cl)c(C(F)F)cc1N. The molecule has 0 radical (unpaired) electrons. The number of halogens is 3. The Morgan fingerprint density at radius 2 is 2.29 bits per heavy atom. The average molecular weight is 265 g/mol. The number of hydrogen-bond acceptors (Lipinski definition) is 4. The van der Waals surface area contributed by atoms with Crippen molar-refractivity contribution in [2.24, 2.45) is 0 Å². The first kappa shape index (κ1) is 13.6. The van der Waals surface area contributed by atoms with Crippen LogP contribution in [0.15, 0.2) is 6.07 Å². The number of nitrogen functional groups attached to an aromatic ring is 1. The van der Waals surface area contributed by atoms with E-state index in [2.05, 4.69) is 4.98 Å². The molecule has 0 atom stereocenters. The van der Waals surface area contributed by atoms with Crippen LogP contribution in [0.5, 0.6) is 0 Å². The molecule has 1 rings (SSSR count). The van der Waals surface area contributed by atoms with E-state index < -0.39 is 18.0 Å². The van der Waals surface area contributed by atoms with E-state index >= 15 is 0 Å². The zero-order valence-corrected chi connectivity index (χ0v) is 9.80. The molecule has 94 valence electrons. The molecule has 0 spiro atoms. The van der Waals surface area contributed by atoms with Crippen LogP contribution < -0.4 is 5.73 Å². The van der Waals surface area contributed by atoms with Crippen LogP contribution in [0.4, 0.5) is 14.5 Å². The maximum atomic E-state index is 12.5. The van der Waals surface area contributed by atoms with E-state index in [1.54, 1.807) is 6.92 Å². The van der Waals surface area contributed by atoms with Crippen molar-refractivity contribution in [3.63, 3.8) is 0 Å². The fraction of sp³-hybridized carbons (Fsp3) is 0.400. The van der Waals surface area contributed by atoms with Crippen molar-refractivity contribution in [1.82, 2.24) is 4.98 Å². The minimum Gasteiger partial charge on any atom is -0.466 e. The van der Waals surface area contributed by atoms with E-state index in [4.69, 9.17) is 22.1 Å². The van der Waals surface area contributed by atoms with E-state index in [0.29, 0.717) is 0 Å². The molecule has 0 bridgehead atoms. The molecule has 0 aromatic carbocycles. The minimum absolute atomic E-state index is 0.00208. The van der Waals surface area contributed by atoms with Crippen molar-refractivity contribution in [2.45, 2.75) is 19.8 Å². The molecule has 0 aliphatic rings. The Kier molecular flexibility index (Phi) is 4.62. The lowest BCUT2D eigenvalue weighted by atomic mass is 10.2. The molecule has 1 heterocycles. The summed E-state index contributed by atoms with van der Waals surface area (Å²) in [6.45, 7) is 1.88. The van der Waals surface area contributed by atoms with Gasteiger partial charge in [0.25, 0.3) is 6.43 Å². The Morgan fingerprint density at radius 1 is 1.65 bits per heavy atom. The van der Waals surface area contributed by atoms with Crippen LogP contribution in [0, 0.1) is 0 Å². The van der Waals surface area contributed by atoms with Gasteiger partial charge in [-0.25, -0.2) is 13.8 Å². The zero-order chi connectivity index (χ0) is 13.0. The number of carbonyl (C=O) groups excluding carboxylic acids is 1. The second-order valence-electron chi connectivity index (χ2n) is 3.19. The van der Waals surface area contributed by atoms with Gasteiger partial charge < -0.3 is 10.5 Å². The van der Waals surface area contributed by atoms with Crippen LogP contribution in [0.1, 0.15) is 24.6 Å². The van der Waals surface area contributed by atoms with Gasteiger partial charge in [-0.1, -0.05) is 11.6 Å². The summed E-state index contributed by atoms with van der Waals surface area (Å²) in [5, 5.41) is -0.353. The van der Waals surface area contributed by atoms with Gasteiger partial charge in [0.05, 0.1) is 30.0 Å². The molecule has 0 saturated carbocycles. The summed E-state index contributed by atoms with van der Waals surface area (Å²) in [5.74, 6) is -0.535. The van der Waals surface area contributed by atoms with Gasteiger partial charge in [0.15, 0.2) is 0 Å². The second kappa shape index (κ2) is 5.77. The smallest absolute Gasteiger partial charge is 0.311 e. The first-order valence-electron chi connectivity index (χ1n) is 4.84. The maximum Gasteiger partial charge on any atom is 0.311 e. The minimum atomic E-state index is -2.76. The van der Waals surface area contributed by atoms with Gasteiger partial charge in [-0.2, -0.15) is 0 Å². The largest absolute Gasteiger partial charge is 0.466 e. The average Bonchev–Trinajstić information content (AvgIpc) is 2.22. The molecule has 0 aliphatic carbocycles. The summed E-state index contributed by atoms with van der Waals surface area (Å²) < 4.78 is 29.6. The van der Waals surface area contributed by atoms with Crippen LogP contribution in [-0.4, -0.2) is 17.6 Å². The predicted octanol–water partition coefficient (Wildman–Crippen LogP) is 2.36. The van der Waals surface area contributed by atoms with E-state index in [0.717, 1.165) is 6.07 Å². The number of rotatable bonds is 4. The number of pyridine rings is 1. The lowest BCUT2D eigenvalue weighted by Crippen LogP contribution is -2.11. The summed E-state index contributed by atoms with van der Waals surface area (Å²) in [6.07, 6.45) is -2.95. The number of carbonyl (C=O) groups is 1. The van der Waals surface area contributed by atoms with E-state index in [9.17, 15) is 13.6 Å². The van der Waals surface area contributed by atoms with Gasteiger partial charge in [-0.3, -0.25) is 4.79 Å². The highest BCUT2D eigenvalue weighted by atomic mass is 35.5. The number of ether oxygens (including phenoxy) is 1. The van der Waals surface area contributed by atoms with Gasteiger partial charge in [0.1, 0.15) is 5.15 Å².